The van der Waals surface area contributed by atoms with Crippen molar-refractivity contribution in [1.29, 1.82) is 10.5 Å². The summed E-state index contributed by atoms with van der Waals surface area (Å²) in [4.78, 5) is -0.116. The number of alkyl halides is 3. The van der Waals surface area contributed by atoms with Crippen molar-refractivity contribution >= 4 is 63.7 Å². The maximum Gasteiger partial charge on any atom is 0.126 e. The minimum Gasteiger partial charge on any atom is -0.193 e. The van der Waals surface area contributed by atoms with E-state index in [-0.39, 0.29) is 10.2 Å². The van der Waals surface area contributed by atoms with E-state index in [1.165, 1.54) is 0 Å². The summed E-state index contributed by atoms with van der Waals surface area (Å²) in [5.41, 5.74) is 0.515. The summed E-state index contributed by atoms with van der Waals surface area (Å²) >= 11 is 14.4. The number of rotatable bonds is 0. The molecule has 2 nitrogen and oxygen atoms in total. The number of halogens is 4. The average molecular weight is 500 g/mol. The van der Waals surface area contributed by atoms with Gasteiger partial charge in [-0.1, -0.05) is 83.6 Å². The van der Waals surface area contributed by atoms with Crippen molar-refractivity contribution in [1.82, 2.24) is 0 Å². The minimum absolute atomic E-state index is 0.116. The van der Waals surface area contributed by atoms with Crippen LogP contribution in [0.15, 0.2) is 21.7 Å². The Hall–Kier alpha value is 0.380. The number of allylic oxidation sites excluding steroid dienone is 4. The second kappa shape index (κ2) is 4.19. The Morgan fingerprint density at radius 3 is 2.17 bits per heavy atom. The van der Waals surface area contributed by atoms with Gasteiger partial charge in [0.15, 0.2) is 0 Å². The molecule has 0 unspecified atom stereocenters. The highest BCUT2D eigenvalue weighted by Gasteiger charge is 2.70. The third-order valence-corrected chi connectivity index (χ3v) is 9.25. The quantitative estimate of drug-likeness (QED) is 0.445. The largest absolute Gasteiger partial charge is 0.193 e. The van der Waals surface area contributed by atoms with Crippen molar-refractivity contribution in [3.05, 3.63) is 21.7 Å². The van der Waals surface area contributed by atoms with Crippen LogP contribution < -0.4 is 0 Å². The number of nitrogens with zero attached hydrogens (tertiary/aromatic N) is 2. The highest BCUT2D eigenvalue weighted by atomic mass is 79.9. The summed E-state index contributed by atoms with van der Waals surface area (Å²) in [6.45, 7) is 4.10. The van der Waals surface area contributed by atoms with Crippen molar-refractivity contribution in [3.8, 4) is 12.1 Å². The van der Waals surface area contributed by atoms with Crippen LogP contribution in [0.25, 0.3) is 0 Å². The zero-order chi connectivity index (χ0) is 13.9. The van der Waals surface area contributed by atoms with Crippen molar-refractivity contribution in [3.63, 3.8) is 0 Å². The van der Waals surface area contributed by atoms with E-state index in [0.717, 1.165) is 4.48 Å². The van der Waals surface area contributed by atoms with Gasteiger partial charge in [-0.15, -0.1) is 0 Å². The van der Waals surface area contributed by atoms with Gasteiger partial charge in [-0.2, -0.15) is 10.5 Å². The van der Waals surface area contributed by atoms with Gasteiger partial charge in [0, 0.05) is 20.9 Å². The Bertz CT molecular complexity index is 576. The highest BCUT2D eigenvalue weighted by molar-refractivity contribution is 9.25. The Kier molecular flexibility index (Phi) is 3.44. The van der Waals surface area contributed by atoms with Gasteiger partial charge < -0.3 is 0 Å². The lowest BCUT2D eigenvalue weighted by atomic mass is 9.70. The molecule has 2 rings (SSSR count). The molecule has 0 amide bonds. The van der Waals surface area contributed by atoms with Crippen LogP contribution in [0.4, 0.5) is 0 Å². The van der Waals surface area contributed by atoms with Crippen LogP contribution in [0.5, 0.6) is 0 Å². The van der Waals surface area contributed by atoms with Gasteiger partial charge in [0.25, 0.3) is 0 Å². The van der Waals surface area contributed by atoms with Crippen LogP contribution >= 0.6 is 63.7 Å². The molecule has 6 heteroatoms. The number of hydrogen-bond donors (Lipinski definition) is 0. The molecule has 18 heavy (non-hydrogen) atoms. The maximum atomic E-state index is 9.37. The molecular formula is C12H8Br4N2. The molecule has 0 saturated heterocycles. The van der Waals surface area contributed by atoms with E-state index < -0.39 is 8.65 Å². The summed E-state index contributed by atoms with van der Waals surface area (Å²) in [7, 11) is 0. The summed E-state index contributed by atoms with van der Waals surface area (Å²) in [6.07, 6.45) is 1.95. The second-order valence-electron chi connectivity index (χ2n) is 4.85. The number of nitriles is 2. The molecule has 0 radical (unpaired) electrons. The van der Waals surface area contributed by atoms with Crippen LogP contribution in [0.3, 0.4) is 0 Å². The van der Waals surface area contributed by atoms with E-state index in [1.807, 2.05) is 13.0 Å². The molecule has 0 aromatic rings. The first-order chi connectivity index (χ1) is 8.18. The molecule has 3 atom stereocenters. The van der Waals surface area contributed by atoms with Crippen LogP contribution in [-0.4, -0.2) is 8.06 Å². The Balaban J connectivity index is 2.79. The molecule has 0 fully saturated rings. The van der Waals surface area contributed by atoms with E-state index >= 15 is 0 Å². The maximum absolute atomic E-state index is 9.37. The van der Waals surface area contributed by atoms with Gasteiger partial charge in [0.1, 0.15) is 3.23 Å². The fraction of sp³-hybridized carbons (Fsp3) is 0.500. The van der Waals surface area contributed by atoms with Gasteiger partial charge in [-0.25, -0.2) is 0 Å². The molecule has 2 aliphatic carbocycles. The van der Waals surface area contributed by atoms with Crippen molar-refractivity contribution in [2.45, 2.75) is 21.9 Å². The predicted octanol–water partition coefficient (Wildman–Crippen LogP) is 4.90. The Labute approximate surface area is 140 Å². The van der Waals surface area contributed by atoms with Crippen LogP contribution in [0, 0.1) is 33.5 Å². The van der Waals surface area contributed by atoms with E-state index in [0.29, 0.717) is 11.1 Å². The van der Waals surface area contributed by atoms with Gasteiger partial charge in [0.05, 0.1) is 22.5 Å². The molecule has 0 bridgehead atoms. The lowest BCUT2D eigenvalue weighted by Crippen LogP contribution is -2.43. The monoisotopic (exact) mass is 496 g/mol. The van der Waals surface area contributed by atoms with Crippen LogP contribution in [0.1, 0.15) is 13.8 Å². The molecule has 0 saturated carbocycles. The molecule has 0 aromatic heterocycles. The molecular weight excluding hydrogens is 492 g/mol. The topological polar surface area (TPSA) is 47.6 Å². The van der Waals surface area contributed by atoms with E-state index in [2.05, 4.69) is 82.8 Å². The second-order valence-corrected chi connectivity index (χ2v) is 10.0. The third kappa shape index (κ3) is 1.36. The first-order valence-electron chi connectivity index (χ1n) is 5.14. The zero-order valence-corrected chi connectivity index (χ0v) is 15.9. The molecule has 0 heterocycles. The molecule has 2 aliphatic rings. The van der Waals surface area contributed by atoms with Crippen molar-refractivity contribution in [2.75, 3.05) is 0 Å². The first-order valence-corrected chi connectivity index (χ1v) is 8.43. The first kappa shape index (κ1) is 14.8. The van der Waals surface area contributed by atoms with Crippen LogP contribution in [-0.2, 0) is 0 Å². The van der Waals surface area contributed by atoms with Crippen LogP contribution in [0.2, 0.25) is 0 Å². The number of hydrogen-bond acceptors (Lipinski definition) is 2. The molecule has 0 N–H and O–H groups in total. The molecule has 94 valence electrons. The van der Waals surface area contributed by atoms with Gasteiger partial charge >= 0.3 is 0 Å². The smallest absolute Gasteiger partial charge is 0.126 e. The normalized spacial score (nSPS) is 41.1. The van der Waals surface area contributed by atoms with Crippen molar-refractivity contribution < 1.29 is 0 Å². The van der Waals surface area contributed by atoms with E-state index in [9.17, 15) is 10.5 Å². The van der Waals surface area contributed by atoms with Gasteiger partial charge in [-0.05, 0) is 0 Å². The van der Waals surface area contributed by atoms with E-state index in [4.69, 9.17) is 0 Å². The third-order valence-electron chi connectivity index (χ3n) is 4.19. The average Bonchev–Trinajstić information content (AvgIpc) is 2.58. The summed E-state index contributed by atoms with van der Waals surface area (Å²) < 4.78 is 0.164. The summed E-state index contributed by atoms with van der Waals surface area (Å²) in [5.74, 6) is 0. The fourth-order valence-corrected chi connectivity index (χ4v) is 7.16. The summed E-state index contributed by atoms with van der Waals surface area (Å²) in [5, 5.41) is 18.6. The minimum atomic E-state index is -0.667. The summed E-state index contributed by atoms with van der Waals surface area (Å²) in [6, 6.07) is 4.47. The molecule has 0 aliphatic heterocycles. The SMILES string of the molecule is C[C@@]12C(Br)=C(C#N)C(Br)(Br)[C@]1(C)C=C(C#N)[C@H]2Br. The predicted molar refractivity (Wildman–Crippen MR) is 84.8 cm³/mol. The lowest BCUT2D eigenvalue weighted by molar-refractivity contribution is 0.234. The highest BCUT2D eigenvalue weighted by Crippen LogP contribution is 2.74. The van der Waals surface area contributed by atoms with E-state index in [1.54, 1.807) is 0 Å². The van der Waals surface area contributed by atoms with Gasteiger partial charge in [-0.3, -0.25) is 0 Å². The van der Waals surface area contributed by atoms with Crippen molar-refractivity contribution in [2.24, 2.45) is 10.8 Å². The Morgan fingerprint density at radius 1 is 1.22 bits per heavy atom. The zero-order valence-electron chi connectivity index (χ0n) is 9.56. The molecule has 0 aromatic carbocycles. The standard InChI is InChI=1S/C12H8Br4N2/c1-10-3-6(4-17)8(13)11(10,2)9(14)7(5-18)12(10,15)16/h3,8H,1-2H3/t8-,10-,11-/m1/s1. The molecule has 0 spiro atoms. The number of fused-ring (bicyclic) bond motifs is 1. The van der Waals surface area contributed by atoms with Gasteiger partial charge in [0.2, 0.25) is 0 Å². The Morgan fingerprint density at radius 2 is 1.78 bits per heavy atom. The lowest BCUT2D eigenvalue weighted by Gasteiger charge is -2.42. The fourth-order valence-electron chi connectivity index (χ4n) is 2.73.